The molecule has 31 heavy (non-hydrogen) atoms. The Bertz CT molecular complexity index is 1040. The molecule has 0 atom stereocenters. The second-order valence-electron chi connectivity index (χ2n) is 6.67. The molecule has 0 N–H and O–H groups in total. The van der Waals surface area contributed by atoms with Crippen LogP contribution in [-0.2, 0) is 0 Å². The molecule has 0 heterocycles. The zero-order valence-electron chi connectivity index (χ0n) is 17.2. The van der Waals surface area contributed by atoms with Crippen LogP contribution in [0.15, 0.2) is 58.3 Å². The first-order chi connectivity index (χ1) is 15.0. The van der Waals surface area contributed by atoms with Crippen LogP contribution in [0.2, 0.25) is 0 Å². The van der Waals surface area contributed by atoms with E-state index in [1.807, 2.05) is 13.0 Å². The molecule has 0 aliphatic rings. The Morgan fingerprint density at radius 1 is 0.774 bits per heavy atom. The summed E-state index contributed by atoms with van der Waals surface area (Å²) in [4.78, 5) is 0.931. The van der Waals surface area contributed by atoms with Gasteiger partial charge in [-0.2, -0.15) is 8.78 Å². The smallest absolute Gasteiger partial charge is 0.201 e. The highest BCUT2D eigenvalue weighted by Crippen LogP contribution is 2.43. The number of halogens is 4. The van der Waals surface area contributed by atoms with E-state index in [1.165, 1.54) is 18.2 Å². The summed E-state index contributed by atoms with van der Waals surface area (Å²) in [5.74, 6) is -5.65. The molecule has 0 saturated carbocycles. The fraction of sp³-hybridized carbons (Fsp3) is 0.250. The summed E-state index contributed by atoms with van der Waals surface area (Å²) >= 11 is 1.11. The standard InChI is InChI=1S/C24H22F4O2S/c1-3-5-13-30-18-14-19(31-15-9-7-6-8-10-15)20(24(28)23(18)27)16-11-12-17(29-4-2)22(26)21(16)25/h6-12,14H,3-5,13H2,1-2H3. The number of hydrogen-bond acceptors (Lipinski definition) is 3. The zero-order chi connectivity index (χ0) is 22.4. The van der Waals surface area contributed by atoms with E-state index in [0.717, 1.165) is 23.1 Å². The van der Waals surface area contributed by atoms with Crippen LogP contribution in [-0.4, -0.2) is 13.2 Å². The maximum absolute atomic E-state index is 15.2. The molecule has 0 unspecified atom stereocenters. The van der Waals surface area contributed by atoms with Gasteiger partial charge in [0.2, 0.25) is 11.6 Å². The van der Waals surface area contributed by atoms with Crippen molar-refractivity contribution in [3.63, 3.8) is 0 Å². The molecule has 3 aromatic carbocycles. The third-order valence-corrected chi connectivity index (χ3v) is 5.53. The fourth-order valence-corrected chi connectivity index (χ4v) is 3.97. The Balaban J connectivity index is 2.16. The molecule has 0 spiro atoms. The Morgan fingerprint density at radius 3 is 2.16 bits per heavy atom. The van der Waals surface area contributed by atoms with Crippen LogP contribution in [0.5, 0.6) is 11.5 Å². The zero-order valence-corrected chi connectivity index (χ0v) is 18.0. The van der Waals surface area contributed by atoms with E-state index in [4.69, 9.17) is 9.47 Å². The van der Waals surface area contributed by atoms with E-state index >= 15 is 4.39 Å². The molecule has 7 heteroatoms. The minimum atomic E-state index is -1.31. The Morgan fingerprint density at radius 2 is 1.48 bits per heavy atom. The summed E-state index contributed by atoms with van der Waals surface area (Å²) in [5.41, 5.74) is -0.760. The number of ether oxygens (including phenoxy) is 2. The van der Waals surface area contributed by atoms with E-state index < -0.39 is 28.8 Å². The minimum absolute atomic E-state index is 0.137. The van der Waals surface area contributed by atoms with Crippen LogP contribution in [0.25, 0.3) is 11.1 Å². The predicted molar refractivity (Wildman–Crippen MR) is 114 cm³/mol. The number of unbranched alkanes of at least 4 members (excludes halogenated alkanes) is 1. The molecular formula is C24H22F4O2S. The molecular weight excluding hydrogens is 428 g/mol. The highest BCUT2D eigenvalue weighted by atomic mass is 32.2. The van der Waals surface area contributed by atoms with E-state index in [9.17, 15) is 13.2 Å². The van der Waals surface area contributed by atoms with Crippen LogP contribution in [0, 0.1) is 23.3 Å². The number of hydrogen-bond donors (Lipinski definition) is 0. The normalized spacial score (nSPS) is 10.9. The second-order valence-corrected chi connectivity index (χ2v) is 7.78. The predicted octanol–water partition coefficient (Wildman–Crippen LogP) is 7.64. The van der Waals surface area contributed by atoms with Gasteiger partial charge in [-0.15, -0.1) is 0 Å². The fourth-order valence-electron chi connectivity index (χ4n) is 2.95. The van der Waals surface area contributed by atoms with Crippen molar-refractivity contribution in [1.29, 1.82) is 0 Å². The van der Waals surface area contributed by atoms with E-state index in [0.29, 0.717) is 6.42 Å². The Kier molecular flexibility index (Phi) is 7.85. The van der Waals surface area contributed by atoms with Crippen molar-refractivity contribution in [3.05, 3.63) is 71.8 Å². The molecule has 0 fully saturated rings. The van der Waals surface area contributed by atoms with Crippen LogP contribution < -0.4 is 9.47 Å². The first-order valence-electron chi connectivity index (χ1n) is 9.96. The van der Waals surface area contributed by atoms with Gasteiger partial charge in [-0.3, -0.25) is 0 Å². The molecule has 0 aliphatic heterocycles. The molecule has 0 saturated heterocycles. The van der Waals surface area contributed by atoms with Gasteiger partial charge in [0.1, 0.15) is 0 Å². The average molecular weight is 450 g/mol. The highest BCUT2D eigenvalue weighted by Gasteiger charge is 2.26. The van der Waals surface area contributed by atoms with Crippen molar-refractivity contribution >= 4 is 11.8 Å². The molecule has 2 nitrogen and oxygen atoms in total. The molecule has 3 rings (SSSR count). The summed E-state index contributed by atoms with van der Waals surface area (Å²) in [5, 5.41) is 0. The summed E-state index contributed by atoms with van der Waals surface area (Å²) in [6, 6.07) is 12.7. The van der Waals surface area contributed by atoms with Crippen molar-refractivity contribution in [1.82, 2.24) is 0 Å². The molecule has 0 aromatic heterocycles. The highest BCUT2D eigenvalue weighted by molar-refractivity contribution is 7.99. The van der Waals surface area contributed by atoms with Gasteiger partial charge in [0.25, 0.3) is 0 Å². The van der Waals surface area contributed by atoms with Gasteiger partial charge >= 0.3 is 0 Å². The van der Waals surface area contributed by atoms with Gasteiger partial charge in [0.05, 0.1) is 13.2 Å². The maximum Gasteiger partial charge on any atom is 0.201 e. The van der Waals surface area contributed by atoms with Gasteiger partial charge in [-0.1, -0.05) is 43.3 Å². The first kappa shape index (κ1) is 23.0. The molecule has 164 valence electrons. The van der Waals surface area contributed by atoms with Crippen molar-refractivity contribution in [2.24, 2.45) is 0 Å². The van der Waals surface area contributed by atoms with Gasteiger partial charge in [0, 0.05) is 20.9 Å². The Hall–Kier alpha value is -2.67. The number of rotatable bonds is 9. The van der Waals surface area contributed by atoms with Crippen molar-refractivity contribution in [2.45, 2.75) is 36.5 Å². The molecule has 0 amide bonds. The van der Waals surface area contributed by atoms with Crippen molar-refractivity contribution < 1.29 is 27.0 Å². The van der Waals surface area contributed by atoms with Crippen LogP contribution in [0.1, 0.15) is 26.7 Å². The van der Waals surface area contributed by atoms with Gasteiger partial charge in [0.15, 0.2) is 23.1 Å². The third-order valence-electron chi connectivity index (χ3n) is 4.48. The third kappa shape index (κ3) is 5.15. The molecule has 3 aromatic rings. The van der Waals surface area contributed by atoms with Gasteiger partial charge in [-0.25, -0.2) is 8.78 Å². The minimum Gasteiger partial charge on any atom is -0.491 e. The van der Waals surface area contributed by atoms with E-state index in [1.54, 1.807) is 31.2 Å². The first-order valence-corrected chi connectivity index (χ1v) is 10.8. The number of benzene rings is 3. The monoisotopic (exact) mass is 450 g/mol. The summed E-state index contributed by atoms with van der Waals surface area (Å²) < 4.78 is 69.8. The molecule has 0 bridgehead atoms. The summed E-state index contributed by atoms with van der Waals surface area (Å²) in [6.07, 6.45) is 1.49. The quantitative estimate of drug-likeness (QED) is 0.247. The lowest BCUT2D eigenvalue weighted by Gasteiger charge is -2.17. The average Bonchev–Trinajstić information content (AvgIpc) is 2.77. The van der Waals surface area contributed by atoms with E-state index in [-0.39, 0.29) is 35.2 Å². The van der Waals surface area contributed by atoms with Gasteiger partial charge in [-0.05, 0) is 43.7 Å². The molecule has 0 radical (unpaired) electrons. The lowest BCUT2D eigenvalue weighted by atomic mass is 10.0. The summed E-state index contributed by atoms with van der Waals surface area (Å²) in [6.45, 7) is 3.93. The lowest BCUT2D eigenvalue weighted by molar-refractivity contribution is 0.288. The SMILES string of the molecule is CCCCOc1cc(Sc2ccccc2)c(-c2ccc(OCC)c(F)c2F)c(F)c1F. The molecule has 0 aliphatic carbocycles. The topological polar surface area (TPSA) is 18.5 Å². The van der Waals surface area contributed by atoms with Crippen LogP contribution in [0.3, 0.4) is 0 Å². The second kappa shape index (κ2) is 10.6. The Labute approximate surface area is 183 Å². The van der Waals surface area contributed by atoms with Crippen molar-refractivity contribution in [2.75, 3.05) is 13.2 Å². The maximum atomic E-state index is 15.2. The van der Waals surface area contributed by atoms with Crippen LogP contribution >= 0.6 is 11.8 Å². The lowest BCUT2D eigenvalue weighted by Crippen LogP contribution is -2.04. The largest absolute Gasteiger partial charge is 0.491 e. The van der Waals surface area contributed by atoms with E-state index in [2.05, 4.69) is 0 Å². The summed E-state index contributed by atoms with van der Waals surface area (Å²) in [7, 11) is 0. The van der Waals surface area contributed by atoms with Crippen molar-refractivity contribution in [3.8, 4) is 22.6 Å². The van der Waals surface area contributed by atoms with Gasteiger partial charge < -0.3 is 9.47 Å². The van der Waals surface area contributed by atoms with Crippen LogP contribution in [0.4, 0.5) is 17.6 Å².